The summed E-state index contributed by atoms with van der Waals surface area (Å²) in [5.74, 6) is 3.78. The topological polar surface area (TPSA) is 102 Å². The van der Waals surface area contributed by atoms with E-state index in [9.17, 15) is 4.79 Å². The Morgan fingerprint density at radius 3 is 2.58 bits per heavy atom. The van der Waals surface area contributed by atoms with Crippen LogP contribution in [0.4, 0.5) is 0 Å². The van der Waals surface area contributed by atoms with E-state index < -0.39 is 11.9 Å². The van der Waals surface area contributed by atoms with Gasteiger partial charge in [-0.1, -0.05) is 13.3 Å². The minimum Gasteiger partial charge on any atom is -0.481 e. The molecule has 12 heavy (non-hydrogen) atoms. The van der Waals surface area contributed by atoms with Crippen molar-refractivity contribution in [3.63, 3.8) is 0 Å². The highest BCUT2D eigenvalue weighted by molar-refractivity contribution is 5.84. The number of amidine groups is 1. The Morgan fingerprint density at radius 1 is 1.67 bits per heavy atom. The average molecular weight is 173 g/mol. The maximum Gasteiger partial charge on any atom is 0.306 e. The van der Waals surface area contributed by atoms with Crippen LogP contribution in [0.1, 0.15) is 26.2 Å². The molecule has 0 aromatic heterocycles. The quantitative estimate of drug-likeness (QED) is 0.237. The molecule has 5 nitrogen and oxygen atoms in total. The van der Waals surface area contributed by atoms with Gasteiger partial charge in [0.15, 0.2) is 0 Å². The summed E-state index contributed by atoms with van der Waals surface area (Å²) in [4.78, 5) is 10.6. The molecule has 0 aromatic rings. The fourth-order valence-electron chi connectivity index (χ4n) is 0.966. The number of hydrazone groups is 1. The van der Waals surface area contributed by atoms with Crippen LogP contribution in [0.5, 0.6) is 0 Å². The number of carboxylic acid groups (broad SMARTS) is 1. The molecule has 0 saturated heterocycles. The third-order valence-electron chi connectivity index (χ3n) is 1.61. The molecule has 0 heterocycles. The maximum atomic E-state index is 10.6. The molecule has 0 saturated carbocycles. The van der Waals surface area contributed by atoms with E-state index in [1.54, 1.807) is 0 Å². The third kappa shape index (κ3) is 3.80. The summed E-state index contributed by atoms with van der Waals surface area (Å²) in [5, 5.41) is 11.9. The fraction of sp³-hybridized carbons (Fsp3) is 0.714. The second-order valence-electron chi connectivity index (χ2n) is 2.65. The van der Waals surface area contributed by atoms with Gasteiger partial charge in [0, 0.05) is 6.42 Å². The second kappa shape index (κ2) is 5.40. The molecule has 0 bridgehead atoms. The Hall–Kier alpha value is -1.26. The van der Waals surface area contributed by atoms with Gasteiger partial charge in [0.2, 0.25) is 0 Å². The standard InChI is InChI=1S/C7H15N3O2/c1-2-3-5(7(11)12)4-6(8)10-9/h5H,2-4,9H2,1H3,(H2,8,10)(H,11,12)/t5-/m0/s1. The van der Waals surface area contributed by atoms with Crippen LogP contribution in [0.25, 0.3) is 0 Å². The van der Waals surface area contributed by atoms with Gasteiger partial charge in [-0.3, -0.25) is 4.79 Å². The third-order valence-corrected chi connectivity index (χ3v) is 1.61. The van der Waals surface area contributed by atoms with Gasteiger partial charge in [-0.15, -0.1) is 0 Å². The minimum atomic E-state index is -0.844. The number of hydrogen-bond acceptors (Lipinski definition) is 3. The molecule has 0 amide bonds. The van der Waals surface area contributed by atoms with Crippen LogP contribution < -0.4 is 11.6 Å². The van der Waals surface area contributed by atoms with Crippen molar-refractivity contribution in [1.82, 2.24) is 0 Å². The van der Waals surface area contributed by atoms with E-state index in [-0.39, 0.29) is 12.3 Å². The molecule has 0 aromatic carbocycles. The van der Waals surface area contributed by atoms with Gasteiger partial charge in [0.1, 0.15) is 5.84 Å². The largest absolute Gasteiger partial charge is 0.481 e. The zero-order valence-corrected chi connectivity index (χ0v) is 7.16. The highest BCUT2D eigenvalue weighted by Gasteiger charge is 2.17. The first kappa shape index (κ1) is 10.7. The van der Waals surface area contributed by atoms with Gasteiger partial charge in [-0.2, -0.15) is 5.10 Å². The van der Waals surface area contributed by atoms with Crippen molar-refractivity contribution in [2.75, 3.05) is 0 Å². The number of rotatable bonds is 5. The molecular formula is C7H15N3O2. The normalized spacial score (nSPS) is 14.2. The lowest BCUT2D eigenvalue weighted by Crippen LogP contribution is -2.23. The summed E-state index contributed by atoms with van der Waals surface area (Å²) < 4.78 is 0. The second-order valence-corrected chi connectivity index (χ2v) is 2.65. The lowest BCUT2D eigenvalue weighted by Gasteiger charge is -2.09. The monoisotopic (exact) mass is 173 g/mol. The summed E-state index contributed by atoms with van der Waals surface area (Å²) in [6.07, 6.45) is 1.65. The Labute approximate surface area is 71.4 Å². The first-order valence-corrected chi connectivity index (χ1v) is 3.86. The number of aliphatic carboxylic acids is 1. The van der Waals surface area contributed by atoms with Crippen LogP contribution in [0, 0.1) is 5.92 Å². The van der Waals surface area contributed by atoms with Crippen LogP contribution in [0.2, 0.25) is 0 Å². The van der Waals surface area contributed by atoms with Gasteiger partial charge >= 0.3 is 5.97 Å². The van der Waals surface area contributed by atoms with Gasteiger partial charge in [-0.05, 0) is 6.42 Å². The van der Waals surface area contributed by atoms with Gasteiger partial charge in [-0.25, -0.2) is 0 Å². The molecule has 0 aliphatic heterocycles. The van der Waals surface area contributed by atoms with Crippen molar-refractivity contribution in [2.45, 2.75) is 26.2 Å². The van der Waals surface area contributed by atoms with Crippen LogP contribution in [-0.2, 0) is 4.79 Å². The van der Waals surface area contributed by atoms with E-state index in [2.05, 4.69) is 5.10 Å². The molecule has 5 N–H and O–H groups in total. The van der Waals surface area contributed by atoms with E-state index in [4.69, 9.17) is 16.7 Å². The molecule has 0 fully saturated rings. The van der Waals surface area contributed by atoms with E-state index in [0.29, 0.717) is 6.42 Å². The molecule has 1 atom stereocenters. The van der Waals surface area contributed by atoms with Crippen molar-refractivity contribution in [3.05, 3.63) is 0 Å². The average Bonchev–Trinajstić information content (AvgIpc) is 2.03. The smallest absolute Gasteiger partial charge is 0.306 e. The number of nitrogens with two attached hydrogens (primary N) is 2. The van der Waals surface area contributed by atoms with Crippen molar-refractivity contribution < 1.29 is 9.90 Å². The van der Waals surface area contributed by atoms with E-state index >= 15 is 0 Å². The van der Waals surface area contributed by atoms with Crippen molar-refractivity contribution in [2.24, 2.45) is 22.6 Å². The van der Waals surface area contributed by atoms with Gasteiger partial charge in [0.05, 0.1) is 5.92 Å². The van der Waals surface area contributed by atoms with Crippen molar-refractivity contribution in [1.29, 1.82) is 0 Å². The molecule has 0 radical (unpaired) electrons. The SMILES string of the molecule is CCC[C@@H](C/C(N)=N/N)C(=O)O. The van der Waals surface area contributed by atoms with E-state index in [1.165, 1.54) is 0 Å². The lowest BCUT2D eigenvalue weighted by molar-refractivity contribution is -0.141. The molecule has 70 valence electrons. The predicted octanol–water partition coefficient (Wildman–Crippen LogP) is 0.108. The molecule has 0 unspecified atom stereocenters. The van der Waals surface area contributed by atoms with Crippen molar-refractivity contribution >= 4 is 11.8 Å². The fourth-order valence-corrected chi connectivity index (χ4v) is 0.966. The summed E-state index contributed by atoms with van der Waals surface area (Å²) >= 11 is 0. The maximum absolute atomic E-state index is 10.6. The molecule has 5 heteroatoms. The zero-order valence-electron chi connectivity index (χ0n) is 7.16. The van der Waals surface area contributed by atoms with Gasteiger partial charge < -0.3 is 16.7 Å². The Balaban J connectivity index is 4.04. The minimum absolute atomic E-state index is 0.191. The van der Waals surface area contributed by atoms with Crippen LogP contribution in [0.3, 0.4) is 0 Å². The molecular weight excluding hydrogens is 158 g/mol. The summed E-state index contributed by atoms with van der Waals surface area (Å²) in [6, 6.07) is 0. The van der Waals surface area contributed by atoms with Crippen LogP contribution >= 0.6 is 0 Å². The van der Waals surface area contributed by atoms with Crippen LogP contribution in [-0.4, -0.2) is 16.9 Å². The van der Waals surface area contributed by atoms with Crippen LogP contribution in [0.15, 0.2) is 5.10 Å². The summed E-state index contributed by atoms with van der Waals surface area (Å²) in [5.41, 5.74) is 5.30. The Bertz CT molecular complexity index is 179. The Kier molecular flexibility index (Phi) is 4.83. The van der Waals surface area contributed by atoms with E-state index in [0.717, 1.165) is 6.42 Å². The number of carboxylic acids is 1. The summed E-state index contributed by atoms with van der Waals surface area (Å²) in [7, 11) is 0. The summed E-state index contributed by atoms with van der Waals surface area (Å²) in [6.45, 7) is 1.92. The molecule has 0 rings (SSSR count). The first-order valence-electron chi connectivity index (χ1n) is 3.86. The molecule has 0 aliphatic carbocycles. The number of nitrogens with zero attached hydrogens (tertiary/aromatic N) is 1. The number of hydrogen-bond donors (Lipinski definition) is 3. The van der Waals surface area contributed by atoms with E-state index in [1.807, 2.05) is 6.92 Å². The van der Waals surface area contributed by atoms with Gasteiger partial charge in [0.25, 0.3) is 0 Å². The molecule has 0 spiro atoms. The van der Waals surface area contributed by atoms with Crippen molar-refractivity contribution in [3.8, 4) is 0 Å². The first-order chi connectivity index (χ1) is 5.61. The number of carbonyl (C=O) groups is 1. The predicted molar refractivity (Wildman–Crippen MR) is 46.5 cm³/mol. The highest BCUT2D eigenvalue weighted by atomic mass is 16.4. The zero-order chi connectivity index (χ0) is 9.56. The molecule has 0 aliphatic rings. The Morgan fingerprint density at radius 2 is 2.25 bits per heavy atom. The highest BCUT2D eigenvalue weighted by Crippen LogP contribution is 2.10. The lowest BCUT2D eigenvalue weighted by atomic mass is 10.00.